The van der Waals surface area contributed by atoms with E-state index in [9.17, 15) is 32.7 Å². The van der Waals surface area contributed by atoms with E-state index in [1.165, 1.54) is 27.9 Å². The Hall–Kier alpha value is -3.39. The van der Waals surface area contributed by atoms with Crippen molar-refractivity contribution in [1.82, 2.24) is 25.8 Å². The van der Waals surface area contributed by atoms with Crippen molar-refractivity contribution in [2.24, 2.45) is 5.92 Å². The summed E-state index contributed by atoms with van der Waals surface area (Å²) < 4.78 is 46.7. The first-order valence-corrected chi connectivity index (χ1v) is 14.3. The van der Waals surface area contributed by atoms with Crippen LogP contribution in [-0.4, -0.2) is 76.5 Å². The molecule has 1 aromatic carbocycles. The summed E-state index contributed by atoms with van der Waals surface area (Å²) in [5.74, 6) is -0.806. The van der Waals surface area contributed by atoms with Crippen molar-refractivity contribution in [2.75, 3.05) is 13.1 Å². The smallest absolute Gasteiger partial charge is 0.411 e. The molecule has 4 N–H and O–H groups in total. The fraction of sp³-hybridized carbons (Fsp3) is 0.556. The molecule has 0 radical (unpaired) electrons. The van der Waals surface area contributed by atoms with E-state index in [4.69, 9.17) is 4.74 Å². The van der Waals surface area contributed by atoms with Gasteiger partial charge < -0.3 is 30.7 Å². The number of aromatic nitrogens is 1. The minimum absolute atomic E-state index is 0.213. The summed E-state index contributed by atoms with van der Waals surface area (Å²) in [7, 11) is 0. The molecule has 1 aliphatic heterocycles. The minimum atomic E-state index is -5.00. The van der Waals surface area contributed by atoms with Crippen LogP contribution in [0.3, 0.4) is 0 Å². The molecule has 1 fully saturated rings. The number of benzene rings is 1. The summed E-state index contributed by atoms with van der Waals surface area (Å²) >= 11 is 1.17. The van der Waals surface area contributed by atoms with E-state index in [-0.39, 0.29) is 25.0 Å². The van der Waals surface area contributed by atoms with Gasteiger partial charge in [0, 0.05) is 25.3 Å². The average Bonchev–Trinajstić information content (AvgIpc) is 3.44. The van der Waals surface area contributed by atoms with Gasteiger partial charge in [-0.3, -0.25) is 9.78 Å². The number of carbonyl (C=O) groups excluding carboxylic acids is 3. The van der Waals surface area contributed by atoms with Crippen molar-refractivity contribution in [2.45, 2.75) is 76.5 Å². The highest BCUT2D eigenvalue weighted by Crippen LogP contribution is 2.26. The van der Waals surface area contributed by atoms with Crippen molar-refractivity contribution in [3.8, 4) is 0 Å². The average molecular weight is 600 g/mol. The number of aryl methyl sites for hydroxylation is 1. The molecule has 2 heterocycles. The van der Waals surface area contributed by atoms with Crippen molar-refractivity contribution < 1.29 is 37.4 Å². The van der Waals surface area contributed by atoms with Gasteiger partial charge in [-0.1, -0.05) is 44.2 Å². The van der Waals surface area contributed by atoms with E-state index in [0.29, 0.717) is 30.8 Å². The van der Waals surface area contributed by atoms with E-state index < -0.39 is 48.8 Å². The summed E-state index contributed by atoms with van der Waals surface area (Å²) in [6.07, 6.45) is -6.25. The molecule has 1 saturated heterocycles. The van der Waals surface area contributed by atoms with E-state index in [1.54, 1.807) is 19.2 Å². The Morgan fingerprint density at radius 3 is 2.56 bits per heavy atom. The predicted molar refractivity (Wildman–Crippen MR) is 146 cm³/mol. The standard InChI is InChI=1S/C27H36F3N5O5S/c1-17(2)22(35-12-6-11-32-25(35)38)24(37)33-19(10-9-18-7-4-3-5-8-18)13-21(36)23(27(28,29)30)34-26(39)40-15-20-14-31-16-41-20/h3-5,7-8,14,16-17,19,21-23,36H,6,9-13,15H2,1-2H3,(H,32,38)(H,33,37)(H,34,39). The summed E-state index contributed by atoms with van der Waals surface area (Å²) in [4.78, 5) is 43.8. The molecule has 0 saturated carbocycles. The van der Waals surface area contributed by atoms with Gasteiger partial charge in [0.2, 0.25) is 5.91 Å². The van der Waals surface area contributed by atoms with E-state index >= 15 is 0 Å². The third-order valence-corrected chi connectivity index (χ3v) is 7.44. The summed E-state index contributed by atoms with van der Waals surface area (Å²) in [6.45, 7) is 4.14. The van der Waals surface area contributed by atoms with Crippen LogP contribution in [0.25, 0.3) is 0 Å². The second-order valence-electron chi connectivity index (χ2n) is 10.2. The first-order chi connectivity index (χ1) is 19.5. The number of hydrogen-bond acceptors (Lipinski definition) is 7. The van der Waals surface area contributed by atoms with Gasteiger partial charge in [0.05, 0.1) is 16.5 Å². The Morgan fingerprint density at radius 1 is 1.22 bits per heavy atom. The van der Waals surface area contributed by atoms with Crippen molar-refractivity contribution in [3.63, 3.8) is 0 Å². The largest absolute Gasteiger partial charge is 0.444 e. The fourth-order valence-electron chi connectivity index (χ4n) is 4.68. The zero-order valence-corrected chi connectivity index (χ0v) is 23.7. The second kappa shape index (κ2) is 15.0. The number of halogens is 3. The quantitative estimate of drug-likeness (QED) is 0.278. The number of rotatable bonds is 13. The number of nitrogens with zero attached hydrogens (tertiary/aromatic N) is 2. The van der Waals surface area contributed by atoms with Gasteiger partial charge in [0.25, 0.3) is 0 Å². The lowest BCUT2D eigenvalue weighted by Crippen LogP contribution is -2.59. The van der Waals surface area contributed by atoms with Crippen molar-refractivity contribution in [3.05, 3.63) is 52.5 Å². The molecule has 41 heavy (non-hydrogen) atoms. The van der Waals surface area contributed by atoms with Crippen LogP contribution in [-0.2, 0) is 22.6 Å². The van der Waals surface area contributed by atoms with E-state index in [0.717, 1.165) is 5.56 Å². The van der Waals surface area contributed by atoms with Gasteiger partial charge in [0.1, 0.15) is 12.6 Å². The zero-order valence-electron chi connectivity index (χ0n) is 22.9. The number of ether oxygens (including phenoxy) is 1. The maximum atomic E-state index is 14.0. The lowest BCUT2D eigenvalue weighted by molar-refractivity contribution is -0.177. The number of aliphatic hydroxyl groups excluding tert-OH is 1. The molecule has 4 unspecified atom stereocenters. The number of alkyl carbamates (subject to hydrolysis) is 1. The zero-order chi connectivity index (χ0) is 30.0. The maximum Gasteiger partial charge on any atom is 0.411 e. The molecule has 0 bridgehead atoms. The summed E-state index contributed by atoms with van der Waals surface area (Å²) in [6, 6.07) is 4.40. The lowest BCUT2D eigenvalue weighted by Gasteiger charge is -2.37. The Balaban J connectivity index is 1.74. The van der Waals surface area contributed by atoms with Crippen LogP contribution in [0.2, 0.25) is 0 Å². The van der Waals surface area contributed by atoms with Gasteiger partial charge in [-0.15, -0.1) is 11.3 Å². The van der Waals surface area contributed by atoms with Crippen LogP contribution in [0.15, 0.2) is 42.0 Å². The number of urea groups is 1. The highest BCUT2D eigenvalue weighted by atomic mass is 32.1. The summed E-state index contributed by atoms with van der Waals surface area (Å²) in [5, 5.41) is 18.0. The number of aliphatic hydroxyl groups is 1. The molecule has 0 aliphatic carbocycles. The highest BCUT2D eigenvalue weighted by molar-refractivity contribution is 7.09. The monoisotopic (exact) mass is 599 g/mol. The normalized spacial score (nSPS) is 16.9. The molecule has 3 rings (SSSR count). The van der Waals surface area contributed by atoms with Gasteiger partial charge in [-0.2, -0.15) is 13.2 Å². The number of alkyl halides is 3. The van der Waals surface area contributed by atoms with Crippen molar-refractivity contribution in [1.29, 1.82) is 0 Å². The lowest BCUT2D eigenvalue weighted by atomic mass is 9.95. The first kappa shape index (κ1) is 32.1. The Morgan fingerprint density at radius 2 is 1.95 bits per heavy atom. The SMILES string of the molecule is CC(C)C(C(=O)NC(CCc1ccccc1)CC(O)C(NC(=O)OCc1cncs1)C(F)(F)F)N1CCCNC1=O. The molecule has 0 spiro atoms. The number of amides is 4. The number of carbonyl (C=O) groups is 3. The second-order valence-corrected chi connectivity index (χ2v) is 11.2. The maximum absolute atomic E-state index is 14.0. The molecule has 14 heteroatoms. The Labute approximate surface area is 240 Å². The third-order valence-electron chi connectivity index (χ3n) is 6.69. The van der Waals surface area contributed by atoms with Gasteiger partial charge in [-0.05, 0) is 37.2 Å². The van der Waals surface area contributed by atoms with Crippen LogP contribution >= 0.6 is 11.3 Å². The fourth-order valence-corrected chi connectivity index (χ4v) is 5.19. The molecule has 4 atom stereocenters. The molecule has 4 amide bonds. The van der Waals surface area contributed by atoms with Crippen LogP contribution in [0.1, 0.15) is 43.6 Å². The molecule has 2 aromatic rings. The van der Waals surface area contributed by atoms with Crippen molar-refractivity contribution >= 4 is 29.4 Å². The van der Waals surface area contributed by atoms with Crippen LogP contribution in [0, 0.1) is 5.92 Å². The predicted octanol–water partition coefficient (Wildman–Crippen LogP) is 3.61. The van der Waals surface area contributed by atoms with Gasteiger partial charge in [-0.25, -0.2) is 9.59 Å². The van der Waals surface area contributed by atoms with Crippen LogP contribution in [0.4, 0.5) is 22.8 Å². The molecule has 1 aliphatic rings. The number of nitrogens with one attached hydrogen (secondary N) is 3. The summed E-state index contributed by atoms with van der Waals surface area (Å²) in [5.41, 5.74) is 2.39. The molecule has 10 nitrogen and oxygen atoms in total. The van der Waals surface area contributed by atoms with E-state index in [2.05, 4.69) is 15.6 Å². The van der Waals surface area contributed by atoms with Gasteiger partial charge in [0.15, 0.2) is 6.04 Å². The minimum Gasteiger partial charge on any atom is -0.444 e. The Kier molecular flexibility index (Phi) is 11.8. The number of hydrogen-bond donors (Lipinski definition) is 4. The topological polar surface area (TPSA) is 133 Å². The van der Waals surface area contributed by atoms with Crippen LogP contribution in [0.5, 0.6) is 0 Å². The first-order valence-electron chi connectivity index (χ1n) is 13.4. The Bertz CT molecular complexity index is 1120. The number of thiazole rings is 1. The van der Waals surface area contributed by atoms with Crippen LogP contribution < -0.4 is 16.0 Å². The van der Waals surface area contributed by atoms with Gasteiger partial charge >= 0.3 is 18.3 Å². The molecular weight excluding hydrogens is 563 g/mol. The molecular formula is C27H36F3N5O5S. The highest BCUT2D eigenvalue weighted by Gasteiger charge is 2.46. The van der Waals surface area contributed by atoms with E-state index in [1.807, 2.05) is 30.3 Å². The third kappa shape index (κ3) is 9.88. The molecule has 226 valence electrons. The molecule has 1 aromatic heterocycles.